The number of piperidine rings is 2. The standard InChI is InChI=1S/C30H56N2O8/c1-25(2)15-21(16-26(3,4)31(25)37-19-29(9,10)35)39-23(33)13-14-24(34)40-22-17-27(5,6)32(28(7,8)18-22)38-20-30(11,12)36/h21-22,35-36H,13-20H2,1-12H3. The highest BCUT2D eigenvalue weighted by molar-refractivity contribution is 5.77. The molecule has 2 aliphatic rings. The van der Waals surface area contributed by atoms with Crippen molar-refractivity contribution in [1.82, 2.24) is 10.1 Å². The van der Waals surface area contributed by atoms with Gasteiger partial charge in [-0.15, -0.1) is 0 Å². The molecule has 0 saturated carbocycles. The van der Waals surface area contributed by atoms with Crippen LogP contribution in [0.25, 0.3) is 0 Å². The van der Waals surface area contributed by atoms with Gasteiger partial charge >= 0.3 is 11.9 Å². The zero-order valence-corrected chi connectivity index (χ0v) is 27.0. The fraction of sp³-hybridized carbons (Fsp3) is 0.933. The Kier molecular flexibility index (Phi) is 10.6. The Morgan fingerprint density at radius 3 is 1.10 bits per heavy atom. The van der Waals surface area contributed by atoms with Gasteiger partial charge < -0.3 is 19.7 Å². The van der Waals surface area contributed by atoms with E-state index in [-0.39, 0.29) is 38.3 Å². The number of hydrogen-bond acceptors (Lipinski definition) is 10. The molecule has 0 spiro atoms. The van der Waals surface area contributed by atoms with Crippen molar-refractivity contribution in [2.24, 2.45) is 0 Å². The lowest BCUT2D eigenvalue weighted by Crippen LogP contribution is -2.62. The van der Waals surface area contributed by atoms with E-state index in [0.29, 0.717) is 25.7 Å². The number of esters is 2. The van der Waals surface area contributed by atoms with Crippen molar-refractivity contribution < 1.29 is 39.0 Å². The summed E-state index contributed by atoms with van der Waals surface area (Å²) in [4.78, 5) is 37.5. The van der Waals surface area contributed by atoms with Gasteiger partial charge in [0.15, 0.2) is 0 Å². The molecule has 2 heterocycles. The second-order valence-electron chi connectivity index (χ2n) is 15.6. The number of rotatable bonds is 11. The van der Waals surface area contributed by atoms with Crippen LogP contribution in [0.1, 0.15) is 122 Å². The average molecular weight is 573 g/mol. The zero-order chi connectivity index (χ0) is 30.9. The van der Waals surface area contributed by atoms with Gasteiger partial charge in [0.05, 0.1) is 37.3 Å². The van der Waals surface area contributed by atoms with Crippen molar-refractivity contribution in [2.75, 3.05) is 13.2 Å². The SMILES string of the molecule is CC(C)(O)CON1C(C)(C)CC(OC(=O)CCC(=O)OC2CC(C)(C)N(OCC(C)(C)O)C(C)(C)C2)CC1(C)C. The lowest BCUT2D eigenvalue weighted by atomic mass is 9.80. The van der Waals surface area contributed by atoms with E-state index in [1.54, 1.807) is 27.7 Å². The molecule has 2 aliphatic heterocycles. The molecular formula is C30H56N2O8. The number of aliphatic hydroxyl groups is 2. The van der Waals surface area contributed by atoms with Gasteiger partial charge in [-0.3, -0.25) is 19.3 Å². The fourth-order valence-electron chi connectivity index (χ4n) is 6.35. The molecule has 2 fully saturated rings. The summed E-state index contributed by atoms with van der Waals surface area (Å²) in [5.41, 5.74) is -3.64. The van der Waals surface area contributed by atoms with Gasteiger partial charge in [0, 0.05) is 47.8 Å². The molecule has 0 atom stereocenters. The van der Waals surface area contributed by atoms with Gasteiger partial charge in [0.2, 0.25) is 0 Å². The lowest BCUT2D eigenvalue weighted by Gasteiger charge is -2.53. The van der Waals surface area contributed by atoms with Crippen molar-refractivity contribution in [3.05, 3.63) is 0 Å². The molecule has 10 nitrogen and oxygen atoms in total. The minimum absolute atomic E-state index is 0.0462. The summed E-state index contributed by atoms with van der Waals surface area (Å²) in [5, 5.41) is 24.0. The predicted octanol–water partition coefficient (Wildman–Crippen LogP) is 4.30. The highest BCUT2D eigenvalue weighted by Gasteiger charge is 2.49. The van der Waals surface area contributed by atoms with Crippen molar-refractivity contribution in [2.45, 2.75) is 167 Å². The van der Waals surface area contributed by atoms with Crippen LogP contribution in [0.5, 0.6) is 0 Å². The maximum atomic E-state index is 12.7. The Morgan fingerprint density at radius 1 is 0.625 bits per heavy atom. The summed E-state index contributed by atoms with van der Waals surface area (Å²) in [6.45, 7) is 23.3. The second-order valence-corrected chi connectivity index (χ2v) is 15.6. The quantitative estimate of drug-likeness (QED) is 0.347. The molecule has 234 valence electrons. The molecule has 2 N–H and O–H groups in total. The third-order valence-corrected chi connectivity index (χ3v) is 7.33. The van der Waals surface area contributed by atoms with E-state index < -0.39 is 45.3 Å². The summed E-state index contributed by atoms with van der Waals surface area (Å²) in [7, 11) is 0. The lowest BCUT2D eigenvalue weighted by molar-refractivity contribution is -0.307. The van der Waals surface area contributed by atoms with Crippen LogP contribution < -0.4 is 0 Å². The number of ether oxygens (including phenoxy) is 2. The first-order valence-corrected chi connectivity index (χ1v) is 14.5. The van der Waals surface area contributed by atoms with Gasteiger partial charge in [-0.05, 0) is 83.1 Å². The molecule has 0 aliphatic carbocycles. The van der Waals surface area contributed by atoms with Crippen LogP contribution in [0, 0.1) is 0 Å². The number of carbonyl (C=O) groups is 2. The molecule has 0 amide bonds. The third kappa shape index (κ3) is 10.2. The number of hydrogen-bond donors (Lipinski definition) is 2. The van der Waals surface area contributed by atoms with E-state index in [2.05, 4.69) is 0 Å². The number of carbonyl (C=O) groups excluding carboxylic acids is 2. The van der Waals surface area contributed by atoms with Gasteiger partial charge in [-0.25, -0.2) is 0 Å². The smallest absolute Gasteiger partial charge is 0.306 e. The van der Waals surface area contributed by atoms with Gasteiger partial charge in [0.25, 0.3) is 0 Å². The minimum Gasteiger partial charge on any atom is -0.462 e. The molecule has 0 aromatic carbocycles. The summed E-state index contributed by atoms with van der Waals surface area (Å²) < 4.78 is 11.6. The largest absolute Gasteiger partial charge is 0.462 e. The Morgan fingerprint density at radius 2 is 0.875 bits per heavy atom. The van der Waals surface area contributed by atoms with Crippen molar-refractivity contribution in [3.8, 4) is 0 Å². The molecule has 0 radical (unpaired) electrons. The maximum absolute atomic E-state index is 12.7. The van der Waals surface area contributed by atoms with Gasteiger partial charge in [0.1, 0.15) is 12.2 Å². The molecule has 0 bridgehead atoms. The first kappa shape index (κ1) is 34.9. The maximum Gasteiger partial charge on any atom is 0.306 e. The number of hydroxylamine groups is 4. The number of nitrogens with zero attached hydrogens (tertiary/aromatic N) is 2. The molecular weight excluding hydrogens is 516 g/mol. The molecule has 10 heteroatoms. The minimum atomic E-state index is -0.961. The second kappa shape index (κ2) is 12.1. The van der Waals surface area contributed by atoms with E-state index in [0.717, 1.165) is 0 Å². The van der Waals surface area contributed by atoms with Gasteiger partial charge in [-0.1, -0.05) is 0 Å². The Labute approximate surface area is 241 Å². The van der Waals surface area contributed by atoms with Crippen molar-refractivity contribution in [3.63, 3.8) is 0 Å². The summed E-state index contributed by atoms with van der Waals surface area (Å²) in [6, 6.07) is 0. The van der Waals surface area contributed by atoms with Crippen LogP contribution in [-0.2, 0) is 28.7 Å². The van der Waals surface area contributed by atoms with E-state index >= 15 is 0 Å². The van der Waals surface area contributed by atoms with Crippen molar-refractivity contribution >= 4 is 11.9 Å². The van der Waals surface area contributed by atoms with Crippen LogP contribution in [0.4, 0.5) is 0 Å². The summed E-state index contributed by atoms with van der Waals surface area (Å²) in [6.07, 6.45) is 1.54. The average Bonchev–Trinajstić information content (AvgIpc) is 2.66. The Bertz CT molecular complexity index is 777. The predicted molar refractivity (Wildman–Crippen MR) is 152 cm³/mol. The highest BCUT2D eigenvalue weighted by atomic mass is 16.7. The topological polar surface area (TPSA) is 118 Å². The molecule has 2 saturated heterocycles. The third-order valence-electron chi connectivity index (χ3n) is 7.33. The summed E-state index contributed by atoms with van der Waals surface area (Å²) in [5.74, 6) is -0.843. The highest BCUT2D eigenvalue weighted by Crippen LogP contribution is 2.41. The first-order chi connectivity index (χ1) is 17.8. The monoisotopic (exact) mass is 572 g/mol. The normalized spacial score (nSPS) is 24.1. The van der Waals surface area contributed by atoms with Crippen LogP contribution in [0.3, 0.4) is 0 Å². The fourth-order valence-corrected chi connectivity index (χ4v) is 6.35. The molecule has 2 rings (SSSR count). The summed E-state index contributed by atoms with van der Waals surface area (Å²) >= 11 is 0. The Balaban J connectivity index is 1.88. The van der Waals surface area contributed by atoms with Crippen molar-refractivity contribution in [1.29, 1.82) is 0 Å². The van der Waals surface area contributed by atoms with E-state index in [9.17, 15) is 19.8 Å². The van der Waals surface area contributed by atoms with Crippen LogP contribution in [-0.4, -0.2) is 91.1 Å². The zero-order valence-electron chi connectivity index (χ0n) is 27.0. The first-order valence-electron chi connectivity index (χ1n) is 14.5. The molecule has 40 heavy (non-hydrogen) atoms. The Hall–Kier alpha value is -1.30. The van der Waals surface area contributed by atoms with Crippen LogP contribution >= 0.6 is 0 Å². The van der Waals surface area contributed by atoms with E-state index in [1.165, 1.54) is 0 Å². The van der Waals surface area contributed by atoms with Gasteiger partial charge in [-0.2, -0.15) is 10.1 Å². The molecule has 0 aromatic rings. The van der Waals surface area contributed by atoms with Crippen LogP contribution in [0.15, 0.2) is 0 Å². The van der Waals surface area contributed by atoms with E-state index in [1.807, 2.05) is 65.5 Å². The van der Waals surface area contributed by atoms with Crippen LogP contribution in [0.2, 0.25) is 0 Å². The van der Waals surface area contributed by atoms with E-state index in [4.69, 9.17) is 19.1 Å². The molecule has 0 unspecified atom stereocenters. The molecule has 0 aromatic heterocycles.